The quantitative estimate of drug-likeness (QED) is 0.338. The molecule has 0 saturated carbocycles. The lowest BCUT2D eigenvalue weighted by Crippen LogP contribution is -2.49. The molecule has 2 aliphatic rings. The summed E-state index contributed by atoms with van der Waals surface area (Å²) in [4.78, 5) is 36.5. The fourth-order valence-corrected chi connectivity index (χ4v) is 5.57. The number of carbonyl (C=O) groups excluding carboxylic acids is 2. The van der Waals surface area contributed by atoms with Crippen molar-refractivity contribution < 1.29 is 37.4 Å². The second-order valence-electron chi connectivity index (χ2n) is 12.3. The van der Waals surface area contributed by atoms with E-state index >= 15 is 0 Å². The molecular formula is C33H37F3N2O5. The molecule has 2 N–H and O–H groups in total. The minimum Gasteiger partial charge on any atom is -0.480 e. The first kappa shape index (κ1) is 32.2. The van der Waals surface area contributed by atoms with Crippen molar-refractivity contribution in [1.29, 1.82) is 0 Å². The zero-order valence-corrected chi connectivity index (χ0v) is 24.8. The predicted octanol–water partition coefficient (Wildman–Crippen LogP) is 6.39. The molecule has 230 valence electrons. The number of hydrogen-bond acceptors (Lipinski definition) is 5. The maximum atomic E-state index is 13.6. The molecule has 3 aromatic carbocycles. The SMILES string of the molecule is CC(=O)C1(C(=O)O)CCCNC1.CC(C)(C)CN1C(=O)COC(c2cccc3ccccc23)c2cc(C(F)(F)F)ccc21. The molecule has 2 heterocycles. The molecule has 10 heteroatoms. The van der Waals surface area contributed by atoms with Crippen molar-refractivity contribution in [3.05, 3.63) is 77.4 Å². The van der Waals surface area contributed by atoms with Gasteiger partial charge in [0.25, 0.3) is 5.91 Å². The van der Waals surface area contributed by atoms with E-state index in [-0.39, 0.29) is 30.3 Å². The second-order valence-corrected chi connectivity index (χ2v) is 12.3. The highest BCUT2D eigenvalue weighted by molar-refractivity contribution is 6.02. The Morgan fingerprint density at radius 1 is 1.05 bits per heavy atom. The molecule has 43 heavy (non-hydrogen) atoms. The van der Waals surface area contributed by atoms with E-state index < -0.39 is 29.2 Å². The maximum absolute atomic E-state index is 13.6. The first-order valence-electron chi connectivity index (χ1n) is 14.2. The number of hydrogen-bond donors (Lipinski definition) is 2. The molecule has 5 rings (SSSR count). The van der Waals surface area contributed by atoms with Crippen LogP contribution in [0.1, 0.15) is 63.3 Å². The van der Waals surface area contributed by atoms with Crippen LogP contribution in [0.3, 0.4) is 0 Å². The molecule has 0 spiro atoms. The minimum atomic E-state index is -4.50. The van der Waals surface area contributed by atoms with Crippen LogP contribution in [-0.2, 0) is 25.3 Å². The monoisotopic (exact) mass is 598 g/mol. The fraction of sp³-hybridized carbons (Fsp3) is 0.424. The number of carboxylic acid groups (broad SMARTS) is 1. The van der Waals surface area contributed by atoms with Crippen molar-refractivity contribution >= 4 is 34.1 Å². The standard InChI is InChI=1S/C25H24F3NO2.C8H13NO3/c1-24(2,3)15-29-21-12-11-17(25(26,27)28)13-20(21)23(31-14-22(29)30)19-10-6-8-16-7-4-5-9-18(16)19;1-6(10)8(7(11)12)3-2-4-9-5-8/h4-13,23H,14-15H2,1-3H3;9H,2-5H2,1H3,(H,11,12). The first-order valence-corrected chi connectivity index (χ1v) is 14.2. The number of ether oxygens (including phenoxy) is 1. The van der Waals surface area contributed by atoms with Crippen LogP contribution < -0.4 is 10.2 Å². The number of piperidine rings is 1. The summed E-state index contributed by atoms with van der Waals surface area (Å²) in [7, 11) is 0. The average molecular weight is 599 g/mol. The molecule has 0 aliphatic carbocycles. The number of halogens is 3. The smallest absolute Gasteiger partial charge is 0.416 e. The van der Waals surface area contributed by atoms with Crippen LogP contribution in [0.2, 0.25) is 0 Å². The van der Waals surface area contributed by atoms with Crippen LogP contribution in [0.15, 0.2) is 60.7 Å². The van der Waals surface area contributed by atoms with Crippen molar-refractivity contribution in [2.45, 2.75) is 52.8 Å². The molecule has 1 amide bonds. The van der Waals surface area contributed by atoms with Crippen LogP contribution in [0.5, 0.6) is 0 Å². The van der Waals surface area contributed by atoms with Gasteiger partial charge in [0.05, 0.1) is 5.56 Å². The number of ketones is 1. The van der Waals surface area contributed by atoms with Gasteiger partial charge < -0.3 is 20.1 Å². The number of amides is 1. The Kier molecular flexibility index (Phi) is 9.32. The number of carboxylic acids is 1. The Morgan fingerprint density at radius 3 is 2.33 bits per heavy atom. The molecule has 7 nitrogen and oxygen atoms in total. The number of alkyl halides is 3. The summed E-state index contributed by atoms with van der Waals surface area (Å²) in [5.41, 5.74) is -0.605. The van der Waals surface area contributed by atoms with E-state index in [9.17, 15) is 27.6 Å². The van der Waals surface area contributed by atoms with Gasteiger partial charge in [-0.25, -0.2) is 0 Å². The van der Waals surface area contributed by atoms with Crippen molar-refractivity contribution in [2.24, 2.45) is 10.8 Å². The highest BCUT2D eigenvalue weighted by atomic mass is 19.4. The van der Waals surface area contributed by atoms with Gasteiger partial charge in [-0.2, -0.15) is 13.2 Å². The van der Waals surface area contributed by atoms with Crippen LogP contribution in [-0.4, -0.2) is 49.0 Å². The third-order valence-electron chi connectivity index (χ3n) is 7.81. The molecule has 0 aromatic heterocycles. The van der Waals surface area contributed by atoms with Crippen LogP contribution >= 0.6 is 0 Å². The number of nitrogens with zero attached hydrogens (tertiary/aromatic N) is 1. The number of fused-ring (bicyclic) bond motifs is 2. The largest absolute Gasteiger partial charge is 0.480 e. The number of aliphatic carboxylic acids is 1. The van der Waals surface area contributed by atoms with Gasteiger partial charge in [0.2, 0.25) is 0 Å². The number of anilines is 1. The lowest BCUT2D eigenvalue weighted by atomic mass is 9.77. The van der Waals surface area contributed by atoms with Crippen LogP contribution in [0, 0.1) is 10.8 Å². The summed E-state index contributed by atoms with van der Waals surface area (Å²) in [6.45, 7) is 8.55. The maximum Gasteiger partial charge on any atom is 0.416 e. The van der Waals surface area contributed by atoms with Crippen LogP contribution in [0.4, 0.5) is 18.9 Å². The molecule has 1 saturated heterocycles. The van der Waals surface area contributed by atoms with Crippen molar-refractivity contribution in [2.75, 3.05) is 31.1 Å². The minimum absolute atomic E-state index is 0.208. The van der Waals surface area contributed by atoms with Crippen molar-refractivity contribution in [1.82, 2.24) is 5.32 Å². The predicted molar refractivity (Wildman–Crippen MR) is 158 cm³/mol. The van der Waals surface area contributed by atoms with Gasteiger partial charge in [0, 0.05) is 24.3 Å². The Bertz CT molecular complexity index is 1490. The molecule has 2 aliphatic heterocycles. The number of Topliss-reactive ketones (excluding diaryl/α,β-unsaturated/α-hetero) is 1. The zero-order chi connectivity index (χ0) is 31.6. The van der Waals surface area contributed by atoms with Gasteiger partial charge in [-0.05, 0) is 66.3 Å². The summed E-state index contributed by atoms with van der Waals surface area (Å²) < 4.78 is 46.7. The third kappa shape index (κ3) is 7.08. The van der Waals surface area contributed by atoms with E-state index in [2.05, 4.69) is 5.32 Å². The molecule has 2 atom stereocenters. The zero-order valence-electron chi connectivity index (χ0n) is 24.8. The van der Waals surface area contributed by atoms with Gasteiger partial charge in [-0.3, -0.25) is 14.4 Å². The molecule has 0 bridgehead atoms. The fourth-order valence-electron chi connectivity index (χ4n) is 5.57. The third-order valence-corrected chi connectivity index (χ3v) is 7.81. The van der Waals surface area contributed by atoms with E-state index in [1.165, 1.54) is 13.0 Å². The highest BCUT2D eigenvalue weighted by Crippen LogP contribution is 2.42. The highest BCUT2D eigenvalue weighted by Gasteiger charge is 2.44. The normalized spacial score (nSPS) is 21.0. The Balaban J connectivity index is 0.000000296. The lowest BCUT2D eigenvalue weighted by molar-refractivity contribution is -0.155. The first-order chi connectivity index (χ1) is 20.1. The van der Waals surface area contributed by atoms with Gasteiger partial charge in [-0.15, -0.1) is 0 Å². The van der Waals surface area contributed by atoms with E-state index in [4.69, 9.17) is 9.84 Å². The number of nitrogens with one attached hydrogen (secondary N) is 1. The van der Waals surface area contributed by atoms with Gasteiger partial charge >= 0.3 is 12.1 Å². The summed E-state index contributed by atoms with van der Waals surface area (Å²) in [5.74, 6) is -1.51. The van der Waals surface area contributed by atoms with E-state index in [1.54, 1.807) is 4.90 Å². The summed E-state index contributed by atoms with van der Waals surface area (Å²) in [5, 5.41) is 13.7. The molecule has 3 aromatic rings. The van der Waals surface area contributed by atoms with Crippen LogP contribution in [0.25, 0.3) is 10.8 Å². The number of carbonyl (C=O) groups is 3. The molecule has 2 unspecified atom stereocenters. The van der Waals surface area contributed by atoms with Crippen molar-refractivity contribution in [3.63, 3.8) is 0 Å². The molecule has 0 radical (unpaired) electrons. The van der Waals surface area contributed by atoms with Crippen molar-refractivity contribution in [3.8, 4) is 0 Å². The Hall–Kier alpha value is -3.76. The summed E-state index contributed by atoms with van der Waals surface area (Å²) in [6.07, 6.45) is -4.07. The Morgan fingerprint density at radius 2 is 1.74 bits per heavy atom. The molecule has 1 fully saturated rings. The lowest BCUT2D eigenvalue weighted by Gasteiger charge is -2.30. The topological polar surface area (TPSA) is 95.9 Å². The average Bonchev–Trinajstić information content (AvgIpc) is 3.08. The van der Waals surface area contributed by atoms with Gasteiger partial charge in [-0.1, -0.05) is 63.2 Å². The summed E-state index contributed by atoms with van der Waals surface area (Å²) in [6, 6.07) is 16.9. The number of rotatable bonds is 4. The summed E-state index contributed by atoms with van der Waals surface area (Å²) >= 11 is 0. The van der Waals surface area contributed by atoms with E-state index in [0.717, 1.165) is 41.4 Å². The second kappa shape index (κ2) is 12.5. The number of benzene rings is 3. The van der Waals surface area contributed by atoms with Gasteiger partial charge in [0.15, 0.2) is 0 Å². The van der Waals surface area contributed by atoms with Gasteiger partial charge in [0.1, 0.15) is 23.9 Å². The molecular weight excluding hydrogens is 561 g/mol. The van der Waals surface area contributed by atoms with E-state index in [0.29, 0.717) is 24.2 Å². The Labute approximate surface area is 249 Å². The van der Waals surface area contributed by atoms with E-state index in [1.807, 2.05) is 63.2 Å².